The molecule has 10 rings (SSSR count). The number of nitrogens with zero attached hydrogens (tertiary/aromatic N) is 8. The molecule has 2 aliphatic carbocycles. The average molecular weight is 785 g/mol. The van der Waals surface area contributed by atoms with Crippen LogP contribution in [0.2, 0.25) is 0 Å². The fourth-order valence-corrected chi connectivity index (χ4v) is 10.9. The van der Waals surface area contributed by atoms with E-state index in [0.29, 0.717) is 47.8 Å². The van der Waals surface area contributed by atoms with Gasteiger partial charge in [0.2, 0.25) is 17.8 Å². The highest BCUT2D eigenvalue weighted by Crippen LogP contribution is 2.54. The van der Waals surface area contributed by atoms with Gasteiger partial charge in [-0.2, -0.15) is 4.98 Å². The maximum absolute atomic E-state index is 13.4. The number of anilines is 3. The second-order valence-electron chi connectivity index (χ2n) is 17.8. The third kappa shape index (κ3) is 6.40. The Morgan fingerprint density at radius 3 is 2.48 bits per heavy atom. The minimum absolute atomic E-state index is 0.0187. The van der Waals surface area contributed by atoms with Crippen molar-refractivity contribution in [3.63, 3.8) is 0 Å². The van der Waals surface area contributed by atoms with E-state index in [9.17, 15) is 19.2 Å². The molecule has 3 saturated heterocycles. The Bertz CT molecular complexity index is 2280. The molecular formula is C44H52N10O4. The molecule has 6 aliphatic rings. The van der Waals surface area contributed by atoms with Crippen molar-refractivity contribution in [1.29, 1.82) is 0 Å². The van der Waals surface area contributed by atoms with Crippen molar-refractivity contribution in [2.75, 3.05) is 50.5 Å². The Hall–Kier alpha value is -5.37. The predicted octanol–water partition coefficient (Wildman–Crippen LogP) is 5.39. The normalized spacial score (nSPS) is 25.2. The van der Waals surface area contributed by atoms with E-state index in [-0.39, 0.29) is 41.6 Å². The van der Waals surface area contributed by atoms with Gasteiger partial charge in [-0.05, 0) is 106 Å². The summed E-state index contributed by atoms with van der Waals surface area (Å²) in [5.74, 6) is 1.55. The van der Waals surface area contributed by atoms with Crippen LogP contribution in [0.4, 0.5) is 17.5 Å². The number of carbonyl (C=O) groups excluding carboxylic acids is 4. The molecule has 7 heterocycles. The number of likely N-dealkylation sites (tertiary alicyclic amines) is 1. The molecule has 14 heteroatoms. The highest BCUT2D eigenvalue weighted by atomic mass is 16.2. The summed E-state index contributed by atoms with van der Waals surface area (Å²) >= 11 is 0. The van der Waals surface area contributed by atoms with Crippen molar-refractivity contribution in [2.24, 2.45) is 5.92 Å². The van der Waals surface area contributed by atoms with Gasteiger partial charge in [0.15, 0.2) is 0 Å². The van der Waals surface area contributed by atoms with Gasteiger partial charge in [-0.3, -0.25) is 24.5 Å². The third-order valence-corrected chi connectivity index (χ3v) is 14.1. The monoisotopic (exact) mass is 784 g/mol. The first-order chi connectivity index (χ1) is 28.1. The lowest BCUT2D eigenvalue weighted by Crippen LogP contribution is -2.68. The zero-order chi connectivity index (χ0) is 39.7. The van der Waals surface area contributed by atoms with Gasteiger partial charge >= 0.3 is 0 Å². The third-order valence-electron chi connectivity index (χ3n) is 14.1. The minimum Gasteiger partial charge on any atom is -0.365 e. The molecule has 0 bridgehead atoms. The number of hydrogen-bond acceptors (Lipinski definition) is 10. The van der Waals surface area contributed by atoms with Gasteiger partial charge in [0.05, 0.1) is 0 Å². The summed E-state index contributed by atoms with van der Waals surface area (Å²) in [4.78, 5) is 73.6. The van der Waals surface area contributed by atoms with E-state index in [1.54, 1.807) is 30.1 Å². The second kappa shape index (κ2) is 14.5. The summed E-state index contributed by atoms with van der Waals surface area (Å²) in [5, 5.41) is 6.60. The van der Waals surface area contributed by atoms with Crippen LogP contribution in [0.5, 0.6) is 0 Å². The lowest BCUT2D eigenvalue weighted by atomic mass is 9.61. The molecule has 4 amide bonds. The topological polar surface area (TPSA) is 149 Å². The first-order valence-electron chi connectivity index (χ1n) is 21.2. The number of imide groups is 1. The number of carbonyl (C=O) groups is 4. The summed E-state index contributed by atoms with van der Waals surface area (Å²) in [6.45, 7) is 4.68. The summed E-state index contributed by atoms with van der Waals surface area (Å²) in [6, 6.07) is 11.8. The number of rotatable bonds is 9. The van der Waals surface area contributed by atoms with E-state index in [2.05, 4.69) is 42.1 Å². The van der Waals surface area contributed by atoms with Crippen LogP contribution >= 0.6 is 0 Å². The Labute approximate surface area is 338 Å². The maximum atomic E-state index is 13.4. The first kappa shape index (κ1) is 36.9. The predicted molar refractivity (Wildman–Crippen MR) is 219 cm³/mol. The number of nitrogens with one attached hydrogen (secondary N) is 2. The molecule has 0 radical (unpaired) electrons. The van der Waals surface area contributed by atoms with Gasteiger partial charge in [0.25, 0.3) is 11.8 Å². The maximum Gasteiger partial charge on any atom is 0.270 e. The summed E-state index contributed by atoms with van der Waals surface area (Å²) in [7, 11) is 3.57. The first-order valence-corrected chi connectivity index (χ1v) is 21.2. The van der Waals surface area contributed by atoms with Crippen LogP contribution in [-0.4, -0.2) is 110 Å². The Morgan fingerprint density at radius 1 is 0.966 bits per heavy atom. The summed E-state index contributed by atoms with van der Waals surface area (Å²) in [5.41, 5.74) is 5.73. The van der Waals surface area contributed by atoms with Crippen LogP contribution in [0.1, 0.15) is 115 Å². The van der Waals surface area contributed by atoms with Crippen molar-refractivity contribution >= 4 is 52.1 Å². The summed E-state index contributed by atoms with van der Waals surface area (Å²) < 4.78 is 2.13. The van der Waals surface area contributed by atoms with Crippen LogP contribution in [0.25, 0.3) is 11.0 Å². The molecular weight excluding hydrogens is 733 g/mol. The van der Waals surface area contributed by atoms with Crippen LogP contribution in [-0.2, 0) is 16.1 Å². The number of amides is 4. The van der Waals surface area contributed by atoms with Gasteiger partial charge in [0.1, 0.15) is 23.2 Å². The lowest BCUT2D eigenvalue weighted by Gasteiger charge is -2.63. The number of aromatic nitrogens is 4. The highest BCUT2D eigenvalue weighted by molar-refractivity contribution is 6.06. The van der Waals surface area contributed by atoms with Crippen molar-refractivity contribution in [1.82, 2.24) is 39.5 Å². The van der Waals surface area contributed by atoms with Gasteiger partial charge in [0, 0.05) is 86.3 Å². The number of fused-ring (bicyclic) bond motifs is 2. The molecule has 2 N–H and O–H groups in total. The summed E-state index contributed by atoms with van der Waals surface area (Å²) in [6.07, 6.45) is 14.6. The molecule has 14 nitrogen and oxygen atoms in total. The Kier molecular flexibility index (Phi) is 9.22. The van der Waals surface area contributed by atoms with E-state index in [1.807, 2.05) is 30.5 Å². The number of benzene rings is 1. The lowest BCUT2D eigenvalue weighted by molar-refractivity contribution is -0.136. The van der Waals surface area contributed by atoms with Crippen molar-refractivity contribution < 1.29 is 19.2 Å². The second-order valence-corrected chi connectivity index (χ2v) is 17.8. The van der Waals surface area contributed by atoms with Gasteiger partial charge in [-0.1, -0.05) is 25.0 Å². The zero-order valence-corrected chi connectivity index (χ0v) is 33.5. The van der Waals surface area contributed by atoms with E-state index in [0.717, 1.165) is 99.8 Å². The van der Waals surface area contributed by atoms with Crippen LogP contribution < -0.4 is 15.5 Å². The largest absolute Gasteiger partial charge is 0.365 e. The number of piperidine rings is 2. The molecule has 4 aromatic rings. The van der Waals surface area contributed by atoms with Crippen molar-refractivity contribution in [3.8, 4) is 0 Å². The van der Waals surface area contributed by atoms with Gasteiger partial charge in [-0.25, -0.2) is 9.97 Å². The van der Waals surface area contributed by atoms with Crippen LogP contribution in [0.3, 0.4) is 0 Å². The molecule has 1 aromatic carbocycles. The number of hydrogen-bond donors (Lipinski definition) is 2. The highest BCUT2D eigenvalue weighted by Gasteiger charge is 2.55. The smallest absolute Gasteiger partial charge is 0.270 e. The molecule has 5 fully saturated rings. The zero-order valence-electron chi connectivity index (χ0n) is 33.5. The van der Waals surface area contributed by atoms with Gasteiger partial charge in [-0.15, -0.1) is 0 Å². The molecule has 58 heavy (non-hydrogen) atoms. The molecule has 1 atom stereocenters. The van der Waals surface area contributed by atoms with E-state index < -0.39 is 6.04 Å². The SMILES string of the molecule is CN(C)C(=O)c1cc2cnc(Nc3ccc(C4CCN(CC5CC6(CCN6c6cccc7c6CN([C@@H]6CCC(=O)NC6=O)C7=O)C5)CC4)cn3)nc2n1C1CCCC1. The van der Waals surface area contributed by atoms with E-state index in [4.69, 9.17) is 9.97 Å². The van der Waals surface area contributed by atoms with Crippen LogP contribution in [0.15, 0.2) is 48.8 Å². The van der Waals surface area contributed by atoms with Gasteiger partial charge < -0.3 is 29.5 Å². The fraction of sp³-hybridized carbons (Fsp3) is 0.523. The van der Waals surface area contributed by atoms with E-state index >= 15 is 0 Å². The minimum atomic E-state index is -0.597. The molecule has 1 spiro atoms. The molecule has 2 saturated carbocycles. The van der Waals surface area contributed by atoms with Crippen LogP contribution in [0, 0.1) is 5.92 Å². The Morgan fingerprint density at radius 2 is 1.78 bits per heavy atom. The molecule has 0 unspecified atom stereocenters. The molecule has 4 aliphatic heterocycles. The van der Waals surface area contributed by atoms with Crippen molar-refractivity contribution in [3.05, 3.63) is 71.2 Å². The molecule has 3 aromatic heterocycles. The van der Waals surface area contributed by atoms with E-state index in [1.165, 1.54) is 12.0 Å². The average Bonchev–Trinajstić information content (AvgIpc) is 3.94. The fourth-order valence-electron chi connectivity index (χ4n) is 10.9. The quantitative estimate of drug-likeness (QED) is 0.212. The molecule has 302 valence electrons. The number of pyridine rings is 1. The van der Waals surface area contributed by atoms with Crippen molar-refractivity contribution in [2.45, 2.75) is 101 Å². The Balaban J connectivity index is 0.729. The standard InChI is InChI=1S/C44H52N10O4/c1-50(2)42(58)36-20-30-24-46-43(49-39(30)54(36)31-6-3-4-7-31)47-37-12-10-29(23-45-37)28-14-17-51(18-15-28)25-27-21-44(22-27)16-19-53(44)34-9-5-8-32-33(34)26-52(41(32)57)35-11-13-38(55)48-40(35)56/h5,8-10,12,20,23-24,27-28,31,35H,3-4,6-7,11,13-19,21-22,25-26H2,1-2H3,(H,48,55,56)(H,45,46,47,49)/t27?,35-,44?/m1/s1.